The molecule has 0 aliphatic carbocycles. The van der Waals surface area contributed by atoms with E-state index in [4.69, 9.17) is 4.42 Å². The standard InChI is InChI=1S/C22H20NO.C20H18N.Ir/c1-22(2,3)14-15-10-11-23-19(12-15)16-8-9-21-18(13-16)17-6-4-5-7-20(17)24-21;1-20(2,17-10-4-3-5-11-17)18-12-8-9-16(15-18)19-13-6-7-14-21-19;/h4-7,9-13H,14H2,1-3H3;3-8,10-15H,1-2H3;/q2*-1;. The Kier molecular flexibility index (Phi) is 10.0. The summed E-state index contributed by atoms with van der Waals surface area (Å²) in [5, 5.41) is 2.25. The van der Waals surface area contributed by atoms with E-state index < -0.39 is 0 Å². The number of pyridine rings is 2. The van der Waals surface area contributed by atoms with E-state index in [9.17, 15) is 0 Å². The van der Waals surface area contributed by atoms with Gasteiger partial charge in [0.15, 0.2) is 0 Å². The third-order valence-electron chi connectivity index (χ3n) is 8.10. The second kappa shape index (κ2) is 14.0. The minimum absolute atomic E-state index is 0. The van der Waals surface area contributed by atoms with Crippen LogP contribution < -0.4 is 0 Å². The van der Waals surface area contributed by atoms with Crippen LogP contribution in [0.25, 0.3) is 44.5 Å². The van der Waals surface area contributed by atoms with Gasteiger partial charge in [0.2, 0.25) is 0 Å². The molecule has 0 bridgehead atoms. The zero-order valence-electron chi connectivity index (χ0n) is 27.0. The van der Waals surface area contributed by atoms with Gasteiger partial charge in [0.05, 0.1) is 5.58 Å². The van der Waals surface area contributed by atoms with Crippen LogP contribution in [0.5, 0.6) is 0 Å². The molecule has 0 atom stereocenters. The smallest absolute Gasteiger partial charge is 0.120 e. The number of fused-ring (bicyclic) bond motifs is 3. The summed E-state index contributed by atoms with van der Waals surface area (Å²) >= 11 is 0. The quantitative estimate of drug-likeness (QED) is 0.163. The molecule has 0 aliphatic rings. The molecule has 7 aromatic rings. The van der Waals surface area contributed by atoms with Crippen molar-refractivity contribution in [1.29, 1.82) is 0 Å². The number of rotatable bonds is 5. The number of benzene rings is 4. The first-order valence-electron chi connectivity index (χ1n) is 15.4. The molecule has 0 fully saturated rings. The van der Waals surface area contributed by atoms with Gasteiger partial charge >= 0.3 is 0 Å². The van der Waals surface area contributed by atoms with Gasteiger partial charge in [0, 0.05) is 37.9 Å². The van der Waals surface area contributed by atoms with Crippen molar-refractivity contribution in [3.05, 3.63) is 156 Å². The van der Waals surface area contributed by atoms with Gasteiger partial charge in [0.25, 0.3) is 0 Å². The molecule has 7 rings (SSSR count). The van der Waals surface area contributed by atoms with Crippen LogP contribution in [-0.4, -0.2) is 9.97 Å². The van der Waals surface area contributed by atoms with E-state index in [1.54, 1.807) is 0 Å². The molecule has 4 heteroatoms. The number of furan rings is 1. The van der Waals surface area contributed by atoms with Crippen molar-refractivity contribution in [2.45, 2.75) is 46.5 Å². The van der Waals surface area contributed by atoms with Gasteiger partial charge in [0.1, 0.15) is 5.58 Å². The van der Waals surface area contributed by atoms with Crippen LogP contribution in [-0.2, 0) is 31.9 Å². The molecule has 0 amide bonds. The Labute approximate surface area is 286 Å². The third kappa shape index (κ3) is 7.53. The van der Waals surface area contributed by atoms with Crippen LogP contribution in [0, 0.1) is 17.5 Å². The molecule has 0 aliphatic heterocycles. The zero-order chi connectivity index (χ0) is 31.4. The van der Waals surface area contributed by atoms with Gasteiger partial charge in [-0.15, -0.1) is 59.2 Å². The number of aromatic nitrogens is 2. The van der Waals surface area contributed by atoms with Crippen molar-refractivity contribution < 1.29 is 24.5 Å². The van der Waals surface area contributed by atoms with Crippen LogP contribution in [0.15, 0.2) is 132 Å². The van der Waals surface area contributed by atoms with Crippen LogP contribution in [0.2, 0.25) is 0 Å². The normalized spacial score (nSPS) is 11.5. The van der Waals surface area contributed by atoms with Crippen LogP contribution >= 0.6 is 0 Å². The summed E-state index contributed by atoms with van der Waals surface area (Å²) < 4.78 is 5.88. The molecule has 0 spiro atoms. The number of nitrogens with zero attached hydrogens (tertiary/aromatic N) is 2. The van der Waals surface area contributed by atoms with Crippen molar-refractivity contribution in [1.82, 2.24) is 9.97 Å². The fourth-order valence-corrected chi connectivity index (χ4v) is 5.71. The van der Waals surface area contributed by atoms with Crippen molar-refractivity contribution in [3.8, 4) is 22.5 Å². The second-order valence-electron chi connectivity index (χ2n) is 13.2. The van der Waals surface area contributed by atoms with Gasteiger partial charge in [-0.05, 0) is 52.4 Å². The number of hydrogen-bond donors (Lipinski definition) is 0. The monoisotopic (exact) mass is 779 g/mol. The minimum Gasteiger partial charge on any atom is -0.500 e. The Bertz CT molecular complexity index is 2040. The first kappa shape index (κ1) is 33.0. The van der Waals surface area contributed by atoms with E-state index in [-0.39, 0.29) is 30.9 Å². The van der Waals surface area contributed by atoms with Gasteiger partial charge in [-0.2, -0.15) is 0 Å². The molecule has 4 aromatic carbocycles. The molecule has 0 saturated heterocycles. The summed E-state index contributed by atoms with van der Waals surface area (Å²) in [5.41, 5.74) is 9.84. The third-order valence-corrected chi connectivity index (χ3v) is 8.10. The summed E-state index contributed by atoms with van der Waals surface area (Å²) in [6.07, 6.45) is 4.74. The van der Waals surface area contributed by atoms with E-state index in [2.05, 4.69) is 123 Å². The number of hydrogen-bond acceptors (Lipinski definition) is 3. The topological polar surface area (TPSA) is 38.9 Å². The fourth-order valence-electron chi connectivity index (χ4n) is 5.71. The minimum atomic E-state index is -0.0418. The SMILES string of the molecule is CC(C)(C)Cc1ccnc(-c2[c-]cc3oc4ccccc4c3c2)c1.CC(C)(c1ccccc1)c1cc[c-]c(-c2ccccn2)c1.[Ir]. The Morgan fingerprint density at radius 2 is 1.33 bits per heavy atom. The molecule has 46 heavy (non-hydrogen) atoms. The average molecular weight is 779 g/mol. The molecule has 233 valence electrons. The Balaban J connectivity index is 0.000000179. The summed E-state index contributed by atoms with van der Waals surface area (Å²) in [6.45, 7) is 11.3. The van der Waals surface area contributed by atoms with Crippen molar-refractivity contribution in [2.24, 2.45) is 5.41 Å². The first-order chi connectivity index (χ1) is 21.7. The van der Waals surface area contributed by atoms with E-state index >= 15 is 0 Å². The molecule has 1 radical (unpaired) electrons. The molecule has 0 saturated carbocycles. The van der Waals surface area contributed by atoms with Crippen molar-refractivity contribution in [2.75, 3.05) is 0 Å². The van der Waals surface area contributed by atoms with E-state index in [1.807, 2.05) is 60.9 Å². The molecule has 3 heterocycles. The molecular formula is C42H38IrN2O-2. The van der Waals surface area contributed by atoms with Crippen molar-refractivity contribution >= 4 is 21.9 Å². The van der Waals surface area contributed by atoms with Gasteiger partial charge in [-0.3, -0.25) is 0 Å². The van der Waals surface area contributed by atoms with E-state index in [0.717, 1.165) is 50.9 Å². The van der Waals surface area contributed by atoms with Crippen LogP contribution in [0.1, 0.15) is 51.3 Å². The van der Waals surface area contributed by atoms with Gasteiger partial charge < -0.3 is 14.4 Å². The maximum Gasteiger partial charge on any atom is 0.120 e. The summed E-state index contributed by atoms with van der Waals surface area (Å²) in [6, 6.07) is 45.9. The van der Waals surface area contributed by atoms with E-state index in [0.29, 0.717) is 0 Å². The number of para-hydroxylation sites is 1. The summed E-state index contributed by atoms with van der Waals surface area (Å²) in [7, 11) is 0. The zero-order valence-corrected chi connectivity index (χ0v) is 29.4. The van der Waals surface area contributed by atoms with Crippen LogP contribution in [0.3, 0.4) is 0 Å². The second-order valence-corrected chi connectivity index (χ2v) is 13.2. The van der Waals surface area contributed by atoms with E-state index in [1.165, 1.54) is 16.7 Å². The molecule has 3 aromatic heterocycles. The van der Waals surface area contributed by atoms with Gasteiger partial charge in [-0.25, -0.2) is 0 Å². The molecule has 0 unspecified atom stereocenters. The van der Waals surface area contributed by atoms with Gasteiger partial charge in [-0.1, -0.05) is 112 Å². The predicted molar refractivity (Wildman–Crippen MR) is 186 cm³/mol. The maximum absolute atomic E-state index is 5.88. The molecule has 3 nitrogen and oxygen atoms in total. The summed E-state index contributed by atoms with van der Waals surface area (Å²) in [4.78, 5) is 8.96. The predicted octanol–water partition coefficient (Wildman–Crippen LogP) is 10.9. The Hall–Kier alpha value is -4.37. The molecular weight excluding hydrogens is 741 g/mol. The summed E-state index contributed by atoms with van der Waals surface area (Å²) in [5.74, 6) is 0. The maximum atomic E-state index is 5.88. The largest absolute Gasteiger partial charge is 0.500 e. The van der Waals surface area contributed by atoms with Crippen molar-refractivity contribution in [3.63, 3.8) is 0 Å². The van der Waals surface area contributed by atoms with Crippen LogP contribution in [0.4, 0.5) is 0 Å². The first-order valence-corrected chi connectivity index (χ1v) is 15.4. The Morgan fingerprint density at radius 1 is 0.609 bits per heavy atom. The molecule has 0 N–H and O–H groups in total. The fraction of sp³-hybridized carbons (Fsp3) is 0.190. The Morgan fingerprint density at radius 3 is 2.09 bits per heavy atom. The average Bonchev–Trinajstić information content (AvgIpc) is 3.43.